The number of aromatic nitrogens is 1. The summed E-state index contributed by atoms with van der Waals surface area (Å²) in [6, 6.07) is 0.294. The van der Waals surface area contributed by atoms with Gasteiger partial charge in [-0.05, 0) is 33.2 Å². The van der Waals surface area contributed by atoms with Crippen molar-refractivity contribution in [2.75, 3.05) is 13.1 Å². The first-order valence-electron chi connectivity index (χ1n) is 6.56. The second-order valence-electron chi connectivity index (χ2n) is 4.44. The maximum absolute atomic E-state index is 12.0. The predicted octanol–water partition coefficient (Wildman–Crippen LogP) is 2.13. The number of aryl methyl sites for hydroxylation is 2. The lowest BCUT2D eigenvalue weighted by Crippen LogP contribution is -2.38. The molecule has 0 bridgehead atoms. The average molecular weight is 269 g/mol. The fraction of sp³-hybridized carbons (Fsp3) is 0.692. The first-order chi connectivity index (χ1) is 8.58. The number of hydrogen-bond donors (Lipinski definition) is 2. The number of hydrogen-bond acceptors (Lipinski definition) is 4. The average Bonchev–Trinajstić information content (AvgIpc) is 2.68. The van der Waals surface area contributed by atoms with E-state index in [1.165, 1.54) is 11.3 Å². The monoisotopic (exact) mass is 269 g/mol. The van der Waals surface area contributed by atoms with Crippen molar-refractivity contribution in [3.05, 3.63) is 15.6 Å². The number of carbonyl (C=O) groups excluding carboxylic acids is 1. The van der Waals surface area contributed by atoms with Gasteiger partial charge in [-0.25, -0.2) is 4.98 Å². The molecule has 1 amide bonds. The Bertz CT molecular complexity index is 390. The molecule has 1 aromatic rings. The molecular formula is C13H23N3OS. The van der Waals surface area contributed by atoms with E-state index in [0.717, 1.165) is 35.0 Å². The molecule has 0 saturated heterocycles. The highest BCUT2D eigenvalue weighted by atomic mass is 32.1. The molecule has 0 spiro atoms. The molecule has 2 N–H and O–H groups in total. The van der Waals surface area contributed by atoms with E-state index in [9.17, 15) is 4.79 Å². The highest BCUT2D eigenvalue weighted by Crippen LogP contribution is 2.19. The van der Waals surface area contributed by atoms with Crippen LogP contribution >= 0.6 is 11.3 Å². The molecule has 0 aromatic carbocycles. The minimum absolute atomic E-state index is 0.00268. The summed E-state index contributed by atoms with van der Waals surface area (Å²) in [4.78, 5) is 17.2. The van der Waals surface area contributed by atoms with Gasteiger partial charge >= 0.3 is 0 Å². The lowest BCUT2D eigenvalue weighted by atomic mass is 10.3. The Hall–Kier alpha value is -0.940. The summed E-state index contributed by atoms with van der Waals surface area (Å²) in [5.74, 6) is -0.00268. The zero-order chi connectivity index (χ0) is 13.5. The molecule has 18 heavy (non-hydrogen) atoms. The maximum Gasteiger partial charge on any atom is 0.263 e. The first-order valence-corrected chi connectivity index (χ1v) is 7.38. The highest BCUT2D eigenvalue weighted by Gasteiger charge is 2.15. The topological polar surface area (TPSA) is 54.0 Å². The zero-order valence-electron chi connectivity index (χ0n) is 11.7. The third-order valence-corrected chi connectivity index (χ3v) is 3.85. The van der Waals surface area contributed by atoms with Crippen LogP contribution in [-0.4, -0.2) is 30.0 Å². The molecule has 0 aliphatic carbocycles. The van der Waals surface area contributed by atoms with Gasteiger partial charge in [-0.1, -0.05) is 13.8 Å². The van der Waals surface area contributed by atoms with Crippen molar-refractivity contribution < 1.29 is 4.79 Å². The van der Waals surface area contributed by atoms with Crippen LogP contribution < -0.4 is 10.6 Å². The number of amides is 1. The van der Waals surface area contributed by atoms with Crippen molar-refractivity contribution in [3.63, 3.8) is 0 Å². The van der Waals surface area contributed by atoms with Gasteiger partial charge < -0.3 is 10.6 Å². The molecular weight excluding hydrogens is 246 g/mol. The Labute approximate surface area is 113 Å². The van der Waals surface area contributed by atoms with Crippen LogP contribution in [0.15, 0.2) is 0 Å². The second-order valence-corrected chi connectivity index (χ2v) is 5.52. The molecule has 0 radical (unpaired) electrons. The van der Waals surface area contributed by atoms with Crippen molar-refractivity contribution in [2.45, 2.75) is 46.6 Å². The number of thiazole rings is 1. The Balaban J connectivity index is 2.55. The number of nitrogens with one attached hydrogen (secondary N) is 2. The van der Waals surface area contributed by atoms with E-state index in [1.807, 2.05) is 6.92 Å². The molecule has 0 saturated carbocycles. The van der Waals surface area contributed by atoms with Crippen molar-refractivity contribution in [3.8, 4) is 0 Å². The molecule has 5 heteroatoms. The van der Waals surface area contributed by atoms with Crippen molar-refractivity contribution >= 4 is 17.2 Å². The summed E-state index contributed by atoms with van der Waals surface area (Å²) < 4.78 is 0. The fourth-order valence-electron chi connectivity index (χ4n) is 1.73. The summed E-state index contributed by atoms with van der Waals surface area (Å²) in [6.45, 7) is 9.70. The van der Waals surface area contributed by atoms with E-state index in [2.05, 4.69) is 36.4 Å². The summed E-state index contributed by atoms with van der Waals surface area (Å²) >= 11 is 1.51. The summed E-state index contributed by atoms with van der Waals surface area (Å²) in [5, 5.41) is 7.27. The van der Waals surface area contributed by atoms with Crippen LogP contribution in [0.3, 0.4) is 0 Å². The molecule has 0 aliphatic heterocycles. The normalized spacial score (nSPS) is 12.4. The molecule has 0 fully saturated rings. The summed E-state index contributed by atoms with van der Waals surface area (Å²) in [7, 11) is 0. The minimum Gasteiger partial charge on any atom is -0.350 e. The van der Waals surface area contributed by atoms with E-state index >= 15 is 0 Å². The van der Waals surface area contributed by atoms with Gasteiger partial charge in [0.05, 0.1) is 10.7 Å². The Morgan fingerprint density at radius 1 is 1.44 bits per heavy atom. The van der Waals surface area contributed by atoms with Crippen LogP contribution in [0.5, 0.6) is 0 Å². The molecule has 1 rings (SSSR count). The zero-order valence-corrected chi connectivity index (χ0v) is 12.5. The van der Waals surface area contributed by atoms with Gasteiger partial charge in [0.1, 0.15) is 4.88 Å². The number of likely N-dealkylation sites (N-methyl/N-ethyl adjacent to an activating group) is 1. The van der Waals surface area contributed by atoms with Gasteiger partial charge in [-0.2, -0.15) is 0 Å². The van der Waals surface area contributed by atoms with Gasteiger partial charge in [0.15, 0.2) is 0 Å². The Morgan fingerprint density at radius 3 is 2.78 bits per heavy atom. The van der Waals surface area contributed by atoms with Crippen LogP contribution in [0, 0.1) is 6.92 Å². The SMILES string of the molecule is CCCc1nc(C)c(C(=O)NC[C@@H](C)NCC)s1. The van der Waals surface area contributed by atoms with E-state index in [1.54, 1.807) is 0 Å². The molecule has 102 valence electrons. The van der Waals surface area contributed by atoms with Gasteiger partial charge in [-0.3, -0.25) is 4.79 Å². The van der Waals surface area contributed by atoms with Gasteiger partial charge in [0, 0.05) is 12.6 Å². The largest absolute Gasteiger partial charge is 0.350 e. The second kappa shape index (κ2) is 7.48. The van der Waals surface area contributed by atoms with Gasteiger partial charge in [-0.15, -0.1) is 11.3 Å². The fourth-order valence-corrected chi connectivity index (χ4v) is 2.81. The molecule has 1 heterocycles. The van der Waals surface area contributed by atoms with Gasteiger partial charge in [0.2, 0.25) is 0 Å². The van der Waals surface area contributed by atoms with Crippen molar-refractivity contribution in [2.24, 2.45) is 0 Å². The maximum atomic E-state index is 12.0. The summed E-state index contributed by atoms with van der Waals surface area (Å²) in [6.07, 6.45) is 2.01. The van der Waals surface area contributed by atoms with Crippen molar-refractivity contribution in [1.82, 2.24) is 15.6 Å². The third-order valence-electron chi connectivity index (χ3n) is 2.63. The van der Waals surface area contributed by atoms with E-state index in [0.29, 0.717) is 12.6 Å². The van der Waals surface area contributed by atoms with E-state index in [-0.39, 0.29) is 5.91 Å². The van der Waals surface area contributed by atoms with Gasteiger partial charge in [0.25, 0.3) is 5.91 Å². The highest BCUT2D eigenvalue weighted by molar-refractivity contribution is 7.13. The predicted molar refractivity (Wildman–Crippen MR) is 76.3 cm³/mol. The van der Waals surface area contributed by atoms with Crippen molar-refractivity contribution in [1.29, 1.82) is 0 Å². The Kier molecular flexibility index (Phi) is 6.29. The molecule has 0 unspecified atom stereocenters. The van der Waals surface area contributed by atoms with Crippen LogP contribution in [0.4, 0.5) is 0 Å². The number of carbonyl (C=O) groups is 1. The van der Waals surface area contributed by atoms with E-state index < -0.39 is 0 Å². The smallest absolute Gasteiger partial charge is 0.263 e. The van der Waals surface area contributed by atoms with Crippen LogP contribution in [0.1, 0.15) is 47.6 Å². The van der Waals surface area contributed by atoms with Crippen LogP contribution in [-0.2, 0) is 6.42 Å². The molecule has 1 aromatic heterocycles. The quantitative estimate of drug-likeness (QED) is 0.797. The molecule has 4 nitrogen and oxygen atoms in total. The Morgan fingerprint density at radius 2 is 2.17 bits per heavy atom. The molecule has 0 aliphatic rings. The molecule has 1 atom stereocenters. The minimum atomic E-state index is -0.00268. The third kappa shape index (κ3) is 4.38. The number of rotatable bonds is 7. The van der Waals surface area contributed by atoms with Crippen LogP contribution in [0.25, 0.3) is 0 Å². The van der Waals surface area contributed by atoms with E-state index in [4.69, 9.17) is 0 Å². The number of nitrogens with zero attached hydrogens (tertiary/aromatic N) is 1. The van der Waals surface area contributed by atoms with Crippen LogP contribution in [0.2, 0.25) is 0 Å². The first kappa shape index (κ1) is 15.1. The standard InChI is InChI=1S/C13H23N3OS/c1-5-7-11-16-10(4)12(18-11)13(17)15-8-9(3)14-6-2/h9,14H,5-8H2,1-4H3,(H,15,17)/t9-/m1/s1. The lowest BCUT2D eigenvalue weighted by Gasteiger charge is -2.12. The lowest BCUT2D eigenvalue weighted by molar-refractivity contribution is 0.0953. The summed E-state index contributed by atoms with van der Waals surface area (Å²) in [5.41, 5.74) is 0.844.